The van der Waals surface area contributed by atoms with Gasteiger partial charge >= 0.3 is 5.97 Å². The quantitative estimate of drug-likeness (QED) is 0.893. The molecule has 0 saturated carbocycles. The molecule has 0 radical (unpaired) electrons. The second kappa shape index (κ2) is 6.14. The van der Waals surface area contributed by atoms with E-state index >= 15 is 0 Å². The Labute approximate surface area is 111 Å². The molecule has 0 amide bonds. The zero-order valence-corrected chi connectivity index (χ0v) is 10.4. The van der Waals surface area contributed by atoms with E-state index in [1.807, 2.05) is 30.3 Å². The van der Waals surface area contributed by atoms with Crippen LogP contribution in [0.5, 0.6) is 0 Å². The van der Waals surface area contributed by atoms with Crippen molar-refractivity contribution in [3.8, 4) is 0 Å². The van der Waals surface area contributed by atoms with Crippen LogP contribution in [0.3, 0.4) is 0 Å². The van der Waals surface area contributed by atoms with E-state index in [2.05, 4.69) is 0 Å². The summed E-state index contributed by atoms with van der Waals surface area (Å²) in [7, 11) is 0. The standard InChI is InChI=1S/C16H15FO2/c17-15-8-6-13(7-9-15)11-14(16(18)19)10-12-4-2-1-3-5-12/h1-9,14H,10-11H2,(H,18,19). The molecule has 1 unspecified atom stereocenters. The first-order valence-corrected chi connectivity index (χ1v) is 6.16. The first-order chi connectivity index (χ1) is 9.15. The van der Waals surface area contributed by atoms with E-state index in [4.69, 9.17) is 0 Å². The molecule has 0 bridgehead atoms. The molecule has 2 aromatic rings. The minimum absolute atomic E-state index is 0.307. The topological polar surface area (TPSA) is 37.3 Å². The number of carboxylic acids is 1. The molecule has 0 aliphatic carbocycles. The number of rotatable bonds is 5. The van der Waals surface area contributed by atoms with Crippen molar-refractivity contribution in [1.82, 2.24) is 0 Å². The fourth-order valence-corrected chi connectivity index (χ4v) is 2.05. The average Bonchev–Trinajstić information content (AvgIpc) is 2.41. The van der Waals surface area contributed by atoms with Gasteiger partial charge in [-0.2, -0.15) is 0 Å². The van der Waals surface area contributed by atoms with Crippen molar-refractivity contribution in [3.05, 3.63) is 71.5 Å². The number of benzene rings is 2. The van der Waals surface area contributed by atoms with E-state index < -0.39 is 11.9 Å². The molecule has 19 heavy (non-hydrogen) atoms. The Morgan fingerprint density at radius 1 is 0.947 bits per heavy atom. The molecule has 3 heteroatoms. The molecule has 0 aliphatic heterocycles. The number of aliphatic carboxylic acids is 1. The lowest BCUT2D eigenvalue weighted by molar-refractivity contribution is -0.141. The normalized spacial score (nSPS) is 12.1. The van der Waals surface area contributed by atoms with Gasteiger partial charge in [0.05, 0.1) is 5.92 Å². The molecule has 0 fully saturated rings. The Balaban J connectivity index is 2.08. The lowest BCUT2D eigenvalue weighted by Gasteiger charge is -2.12. The summed E-state index contributed by atoms with van der Waals surface area (Å²) in [5.74, 6) is -1.63. The second-order valence-electron chi connectivity index (χ2n) is 4.56. The highest BCUT2D eigenvalue weighted by Crippen LogP contribution is 2.15. The Morgan fingerprint density at radius 2 is 1.47 bits per heavy atom. The van der Waals surface area contributed by atoms with E-state index in [9.17, 15) is 14.3 Å². The molecular formula is C16H15FO2. The molecule has 0 aromatic heterocycles. The molecule has 0 spiro atoms. The molecular weight excluding hydrogens is 243 g/mol. The Kier molecular flexibility index (Phi) is 4.29. The van der Waals surface area contributed by atoms with Crippen LogP contribution in [0.2, 0.25) is 0 Å². The van der Waals surface area contributed by atoms with E-state index in [1.54, 1.807) is 12.1 Å². The Hall–Kier alpha value is -2.16. The highest BCUT2D eigenvalue weighted by molar-refractivity contribution is 5.70. The fraction of sp³-hybridized carbons (Fsp3) is 0.188. The third-order valence-corrected chi connectivity index (χ3v) is 3.07. The molecule has 2 nitrogen and oxygen atoms in total. The molecule has 1 atom stereocenters. The van der Waals surface area contributed by atoms with Gasteiger partial charge in [0.25, 0.3) is 0 Å². The highest BCUT2D eigenvalue weighted by atomic mass is 19.1. The lowest BCUT2D eigenvalue weighted by atomic mass is 9.93. The zero-order valence-electron chi connectivity index (χ0n) is 10.4. The summed E-state index contributed by atoms with van der Waals surface area (Å²) in [5, 5.41) is 9.28. The number of hydrogen-bond donors (Lipinski definition) is 1. The number of halogens is 1. The predicted octanol–water partition coefficient (Wildman–Crippen LogP) is 3.31. The summed E-state index contributed by atoms with van der Waals surface area (Å²) in [4.78, 5) is 11.3. The van der Waals surface area contributed by atoms with E-state index in [1.165, 1.54) is 12.1 Å². The number of carboxylic acid groups (broad SMARTS) is 1. The summed E-state index contributed by atoms with van der Waals surface area (Å²) in [6, 6.07) is 15.5. The number of hydrogen-bond acceptors (Lipinski definition) is 1. The fourth-order valence-electron chi connectivity index (χ4n) is 2.05. The van der Waals surface area contributed by atoms with Crippen LogP contribution in [0.4, 0.5) is 4.39 Å². The SMILES string of the molecule is O=C(O)C(Cc1ccccc1)Cc1ccc(F)cc1. The zero-order chi connectivity index (χ0) is 13.7. The van der Waals surface area contributed by atoms with Gasteiger partial charge in [-0.05, 0) is 36.1 Å². The number of carbonyl (C=O) groups is 1. The maximum absolute atomic E-state index is 12.8. The van der Waals surface area contributed by atoms with Crippen LogP contribution in [0.25, 0.3) is 0 Å². The van der Waals surface area contributed by atoms with Crippen LogP contribution in [0, 0.1) is 11.7 Å². The summed E-state index contributed by atoms with van der Waals surface area (Å²) in [5.41, 5.74) is 1.83. The summed E-state index contributed by atoms with van der Waals surface area (Å²) in [6.07, 6.45) is 0.887. The van der Waals surface area contributed by atoms with Gasteiger partial charge in [0.15, 0.2) is 0 Å². The molecule has 1 N–H and O–H groups in total. The minimum atomic E-state index is -0.826. The van der Waals surface area contributed by atoms with Gasteiger partial charge in [-0.3, -0.25) is 4.79 Å². The second-order valence-corrected chi connectivity index (χ2v) is 4.56. The van der Waals surface area contributed by atoms with Crippen LogP contribution in [0.15, 0.2) is 54.6 Å². The van der Waals surface area contributed by atoms with Gasteiger partial charge in [-0.15, -0.1) is 0 Å². The van der Waals surface area contributed by atoms with E-state index in [-0.39, 0.29) is 5.82 Å². The summed E-state index contributed by atoms with van der Waals surface area (Å²) in [6.45, 7) is 0. The first-order valence-electron chi connectivity index (χ1n) is 6.16. The van der Waals surface area contributed by atoms with Crippen molar-refractivity contribution in [1.29, 1.82) is 0 Å². The molecule has 0 heterocycles. The molecule has 2 aromatic carbocycles. The average molecular weight is 258 g/mol. The van der Waals surface area contributed by atoms with Crippen LogP contribution < -0.4 is 0 Å². The molecule has 0 aliphatic rings. The summed E-state index contributed by atoms with van der Waals surface area (Å²) < 4.78 is 12.8. The van der Waals surface area contributed by atoms with Crippen molar-refractivity contribution in [2.24, 2.45) is 5.92 Å². The van der Waals surface area contributed by atoms with Crippen molar-refractivity contribution < 1.29 is 14.3 Å². The third kappa shape index (κ3) is 3.91. The van der Waals surface area contributed by atoms with Crippen molar-refractivity contribution in [2.45, 2.75) is 12.8 Å². The largest absolute Gasteiger partial charge is 0.481 e. The van der Waals surface area contributed by atoms with Crippen LogP contribution in [0.1, 0.15) is 11.1 Å². The van der Waals surface area contributed by atoms with E-state index in [0.717, 1.165) is 11.1 Å². The van der Waals surface area contributed by atoms with Crippen molar-refractivity contribution in [3.63, 3.8) is 0 Å². The lowest BCUT2D eigenvalue weighted by Crippen LogP contribution is -2.19. The van der Waals surface area contributed by atoms with E-state index in [0.29, 0.717) is 12.8 Å². The highest BCUT2D eigenvalue weighted by Gasteiger charge is 2.18. The van der Waals surface area contributed by atoms with Gasteiger partial charge in [0.2, 0.25) is 0 Å². The van der Waals surface area contributed by atoms with Crippen LogP contribution >= 0.6 is 0 Å². The van der Waals surface area contributed by atoms with Gasteiger partial charge in [-0.1, -0.05) is 42.5 Å². The Morgan fingerprint density at radius 3 is 2.00 bits per heavy atom. The van der Waals surface area contributed by atoms with Crippen LogP contribution in [-0.4, -0.2) is 11.1 Å². The first kappa shape index (κ1) is 13.3. The summed E-state index contributed by atoms with van der Waals surface area (Å²) >= 11 is 0. The molecule has 2 rings (SSSR count). The molecule has 0 saturated heterocycles. The van der Waals surface area contributed by atoms with Gasteiger partial charge in [0.1, 0.15) is 5.82 Å². The minimum Gasteiger partial charge on any atom is -0.481 e. The molecule has 98 valence electrons. The predicted molar refractivity (Wildman–Crippen MR) is 71.4 cm³/mol. The van der Waals surface area contributed by atoms with Crippen LogP contribution in [-0.2, 0) is 17.6 Å². The maximum atomic E-state index is 12.8. The van der Waals surface area contributed by atoms with Crippen molar-refractivity contribution in [2.75, 3.05) is 0 Å². The monoisotopic (exact) mass is 258 g/mol. The van der Waals surface area contributed by atoms with Crippen molar-refractivity contribution >= 4 is 5.97 Å². The van der Waals surface area contributed by atoms with Gasteiger partial charge in [0, 0.05) is 0 Å². The maximum Gasteiger partial charge on any atom is 0.307 e. The van der Waals surface area contributed by atoms with Gasteiger partial charge < -0.3 is 5.11 Å². The smallest absolute Gasteiger partial charge is 0.307 e. The Bertz CT molecular complexity index is 534. The van der Waals surface area contributed by atoms with Gasteiger partial charge in [-0.25, -0.2) is 4.39 Å². The third-order valence-electron chi connectivity index (χ3n) is 3.07.